The van der Waals surface area contributed by atoms with E-state index in [1.165, 1.54) is 167 Å². The van der Waals surface area contributed by atoms with Crippen LogP contribution in [0.3, 0.4) is 0 Å². The molecule has 0 rings (SSSR count). The zero-order valence-corrected chi connectivity index (χ0v) is 41.5. The SMILES string of the molecule is CC(O)C(=O)[O-].CCCCCCCCCCCCCCCCCC(=O)O.CCCCCCCCCCCCCCCCCC(=O)O.OCC(CO)(CO)CO.OP(O)O.[Na+]. The number of carboxylic acid groups (broad SMARTS) is 3. The molecule has 1 atom stereocenters. The molecule has 1 unspecified atom stereocenters. The predicted molar refractivity (Wildman–Crippen MR) is 235 cm³/mol. The van der Waals surface area contributed by atoms with Crippen LogP contribution in [0.1, 0.15) is 226 Å². The van der Waals surface area contributed by atoms with Gasteiger partial charge in [-0.05, 0) is 19.8 Å². The Bertz CT molecular complexity index is 772. The number of carbonyl (C=O) groups excluding carboxylic acids is 1. The van der Waals surface area contributed by atoms with Gasteiger partial charge in [0, 0.05) is 12.8 Å². The van der Waals surface area contributed by atoms with Crippen LogP contribution in [0.4, 0.5) is 0 Å². The topological polar surface area (TPSA) is 277 Å². The van der Waals surface area contributed by atoms with Crippen molar-refractivity contribution in [1.82, 2.24) is 0 Å². The van der Waals surface area contributed by atoms with Crippen LogP contribution in [0.25, 0.3) is 0 Å². The van der Waals surface area contributed by atoms with Crippen LogP contribution in [0.5, 0.6) is 0 Å². The molecule has 0 aromatic heterocycles. The van der Waals surface area contributed by atoms with Crippen molar-refractivity contribution in [2.24, 2.45) is 5.41 Å². The Morgan fingerprint density at radius 3 is 0.700 bits per heavy atom. The van der Waals surface area contributed by atoms with E-state index in [0.717, 1.165) is 32.6 Å². The molecular formula is C44H92NaO14P. The summed E-state index contributed by atoms with van der Waals surface area (Å²) in [7, 11) is -2.62. The van der Waals surface area contributed by atoms with Gasteiger partial charge in [0.25, 0.3) is 0 Å². The van der Waals surface area contributed by atoms with Crippen molar-refractivity contribution in [3.8, 4) is 0 Å². The summed E-state index contributed by atoms with van der Waals surface area (Å²) in [6, 6.07) is 0. The van der Waals surface area contributed by atoms with Gasteiger partial charge < -0.3 is 60.3 Å². The summed E-state index contributed by atoms with van der Waals surface area (Å²) < 4.78 is 0. The van der Waals surface area contributed by atoms with Crippen LogP contribution < -0.4 is 34.7 Å². The van der Waals surface area contributed by atoms with Crippen molar-refractivity contribution in [3.05, 3.63) is 0 Å². The molecule has 0 aliphatic carbocycles. The zero-order valence-electron chi connectivity index (χ0n) is 38.6. The first-order chi connectivity index (χ1) is 28.2. The van der Waals surface area contributed by atoms with Crippen LogP contribution in [-0.4, -0.2) is 101 Å². The third kappa shape index (κ3) is 74.9. The van der Waals surface area contributed by atoms with Gasteiger partial charge in [-0.1, -0.05) is 194 Å². The number of carboxylic acids is 3. The molecule has 0 spiro atoms. The van der Waals surface area contributed by atoms with E-state index in [-0.39, 0.29) is 29.6 Å². The van der Waals surface area contributed by atoms with E-state index in [2.05, 4.69) is 13.8 Å². The van der Waals surface area contributed by atoms with Gasteiger partial charge in [-0.2, -0.15) is 0 Å². The number of carbonyl (C=O) groups is 3. The fourth-order valence-electron chi connectivity index (χ4n) is 5.60. The number of aliphatic hydroxyl groups is 5. The number of rotatable bonds is 37. The molecule has 0 heterocycles. The molecule has 0 bridgehead atoms. The Kier molecular flexibility index (Phi) is 71.9. The first-order valence-electron chi connectivity index (χ1n) is 22.8. The third-order valence-corrected chi connectivity index (χ3v) is 9.67. The Morgan fingerprint density at radius 2 is 0.600 bits per heavy atom. The van der Waals surface area contributed by atoms with Crippen molar-refractivity contribution in [2.45, 2.75) is 232 Å². The molecule has 0 aromatic rings. The van der Waals surface area contributed by atoms with Crippen LogP contribution in [-0.2, 0) is 14.4 Å². The van der Waals surface area contributed by atoms with Gasteiger partial charge in [-0.25, -0.2) is 0 Å². The summed E-state index contributed by atoms with van der Waals surface area (Å²) in [5, 5.41) is 68.3. The van der Waals surface area contributed by atoms with Crippen molar-refractivity contribution in [1.29, 1.82) is 0 Å². The minimum Gasteiger partial charge on any atom is -0.547 e. The molecule has 10 N–H and O–H groups in total. The van der Waals surface area contributed by atoms with E-state index in [1.54, 1.807) is 0 Å². The summed E-state index contributed by atoms with van der Waals surface area (Å²) >= 11 is 0. The third-order valence-electron chi connectivity index (χ3n) is 9.67. The van der Waals surface area contributed by atoms with Crippen molar-refractivity contribution in [3.63, 3.8) is 0 Å². The van der Waals surface area contributed by atoms with Crippen LogP contribution >= 0.6 is 8.60 Å². The molecular weight excluding hydrogens is 806 g/mol. The van der Waals surface area contributed by atoms with Crippen molar-refractivity contribution >= 4 is 26.5 Å². The molecule has 16 heteroatoms. The maximum atomic E-state index is 10.3. The van der Waals surface area contributed by atoms with Gasteiger partial charge in [0.05, 0.1) is 43.9 Å². The predicted octanol–water partition coefficient (Wildman–Crippen LogP) is 4.92. The van der Waals surface area contributed by atoms with Gasteiger partial charge in [0.2, 0.25) is 0 Å². The zero-order chi connectivity index (χ0) is 45.8. The molecule has 358 valence electrons. The second-order valence-corrected chi connectivity index (χ2v) is 16.1. The van der Waals surface area contributed by atoms with E-state index < -0.39 is 64.5 Å². The molecule has 0 saturated carbocycles. The van der Waals surface area contributed by atoms with Crippen LogP contribution in [0.15, 0.2) is 0 Å². The van der Waals surface area contributed by atoms with E-state index in [1.807, 2.05) is 0 Å². The van der Waals surface area contributed by atoms with Crippen molar-refractivity contribution < 1.29 is 99.5 Å². The average molecular weight is 899 g/mol. The number of hydrogen-bond acceptors (Lipinski definition) is 12. The van der Waals surface area contributed by atoms with Crippen LogP contribution in [0, 0.1) is 5.41 Å². The average Bonchev–Trinajstić information content (AvgIpc) is 3.19. The maximum Gasteiger partial charge on any atom is 1.00 e. The van der Waals surface area contributed by atoms with E-state index in [0.29, 0.717) is 12.8 Å². The number of aliphatic carboxylic acids is 3. The molecule has 0 aromatic carbocycles. The fourth-order valence-corrected chi connectivity index (χ4v) is 5.60. The van der Waals surface area contributed by atoms with Gasteiger partial charge >= 0.3 is 50.1 Å². The van der Waals surface area contributed by atoms with Crippen LogP contribution in [0.2, 0.25) is 0 Å². The summed E-state index contributed by atoms with van der Waals surface area (Å²) in [4.78, 5) is 51.7. The normalized spacial score (nSPS) is 11.0. The molecule has 0 aliphatic rings. The molecule has 0 aliphatic heterocycles. The second-order valence-electron chi connectivity index (χ2n) is 15.6. The quantitative estimate of drug-likeness (QED) is 0.0225. The minimum absolute atomic E-state index is 0. The monoisotopic (exact) mass is 899 g/mol. The fraction of sp³-hybridized carbons (Fsp3) is 0.932. The van der Waals surface area contributed by atoms with Gasteiger partial charge in [-0.3, -0.25) is 9.59 Å². The number of aliphatic hydroxyl groups excluding tert-OH is 5. The Labute approximate surface area is 388 Å². The molecule has 14 nitrogen and oxygen atoms in total. The summed E-state index contributed by atoms with van der Waals surface area (Å²) in [6.45, 7) is 4.05. The molecule has 60 heavy (non-hydrogen) atoms. The Balaban J connectivity index is -0.000000169. The van der Waals surface area contributed by atoms with Gasteiger partial charge in [-0.15, -0.1) is 0 Å². The molecule has 0 saturated heterocycles. The number of hydrogen-bond donors (Lipinski definition) is 10. The van der Waals surface area contributed by atoms with E-state index >= 15 is 0 Å². The minimum atomic E-state index is -2.62. The summed E-state index contributed by atoms with van der Waals surface area (Å²) in [6.07, 6.45) is 39.1. The smallest absolute Gasteiger partial charge is 0.547 e. The first kappa shape index (κ1) is 71.2. The standard InChI is InChI=1S/2C18H36O2.C5H12O4.C3H6O3.Na.H3O3P/c2*1-2-3-4-5-6-7-8-9-10-11-12-13-14-15-16-17-18(19)20;6-1-5(2-7,3-8)4-9;1-2(4)3(5)6;;1-4(2)3/h2*2-17H2,1H3,(H,19,20);6-9H,1-4H2;2,4H,1H3,(H,5,6);;1-3H/q;;;;+1;/p-1. The first-order valence-corrected chi connectivity index (χ1v) is 24.0. The van der Waals surface area contributed by atoms with E-state index in [4.69, 9.17) is 50.4 Å². The molecule has 0 amide bonds. The summed E-state index contributed by atoms with van der Waals surface area (Å²) in [5.41, 5.74) is -1.11. The van der Waals surface area contributed by atoms with E-state index in [9.17, 15) is 19.5 Å². The molecule has 0 fully saturated rings. The Hall–Kier alpha value is -0.480. The maximum absolute atomic E-state index is 10.3. The largest absolute Gasteiger partial charge is 1.00 e. The van der Waals surface area contributed by atoms with Gasteiger partial charge in [0.15, 0.2) is 0 Å². The van der Waals surface area contributed by atoms with Crippen molar-refractivity contribution in [2.75, 3.05) is 26.4 Å². The summed E-state index contributed by atoms with van der Waals surface area (Å²) in [5.74, 6) is -2.74. The molecule has 0 radical (unpaired) electrons. The van der Waals surface area contributed by atoms with Gasteiger partial charge in [0.1, 0.15) is 0 Å². The Morgan fingerprint density at radius 1 is 0.450 bits per heavy atom. The second kappa shape index (κ2) is 60.6. The number of unbranched alkanes of at least 4 members (excludes halogenated alkanes) is 28.